The second-order valence-corrected chi connectivity index (χ2v) is 5.06. The highest BCUT2D eigenvalue weighted by Crippen LogP contribution is 2.19. The van der Waals surface area contributed by atoms with Crippen molar-refractivity contribution < 1.29 is 0 Å². The van der Waals surface area contributed by atoms with E-state index in [4.69, 9.17) is 11.6 Å². The minimum atomic E-state index is -0.278. The van der Waals surface area contributed by atoms with Crippen molar-refractivity contribution in [2.24, 2.45) is 0 Å². The summed E-state index contributed by atoms with van der Waals surface area (Å²) in [7, 11) is 0. The third kappa shape index (κ3) is 3.00. The SMILES string of the molecule is O=c1[nH]cnc(N2CCN(CCBr)CC2)c1Cl. The first-order chi connectivity index (χ1) is 8.22. The lowest BCUT2D eigenvalue weighted by atomic mass is 10.3. The van der Waals surface area contributed by atoms with Gasteiger partial charge in [0.25, 0.3) is 5.56 Å². The highest BCUT2D eigenvalue weighted by molar-refractivity contribution is 9.09. The van der Waals surface area contributed by atoms with E-state index in [1.807, 2.05) is 0 Å². The van der Waals surface area contributed by atoms with Crippen molar-refractivity contribution >= 4 is 33.3 Å². The minimum Gasteiger partial charge on any atom is -0.353 e. The average molecular weight is 322 g/mol. The maximum absolute atomic E-state index is 11.4. The normalized spacial score (nSPS) is 17.4. The van der Waals surface area contributed by atoms with E-state index in [2.05, 4.69) is 35.7 Å². The average Bonchev–Trinajstić information content (AvgIpc) is 2.34. The summed E-state index contributed by atoms with van der Waals surface area (Å²) in [5.74, 6) is 0.592. The number of aromatic amines is 1. The van der Waals surface area contributed by atoms with Gasteiger partial charge in [-0.15, -0.1) is 0 Å². The Morgan fingerprint density at radius 2 is 2.12 bits per heavy atom. The standard InChI is InChI=1S/C10H14BrClN4O/c11-1-2-15-3-5-16(6-4-15)9-8(12)10(17)14-7-13-9/h7H,1-6H2,(H,13,14,17). The summed E-state index contributed by atoms with van der Waals surface area (Å²) in [6, 6.07) is 0. The van der Waals surface area contributed by atoms with Gasteiger partial charge in [0, 0.05) is 38.1 Å². The van der Waals surface area contributed by atoms with E-state index < -0.39 is 0 Å². The third-order valence-corrected chi connectivity index (χ3v) is 3.55. The summed E-state index contributed by atoms with van der Waals surface area (Å²) >= 11 is 9.39. The van der Waals surface area contributed by atoms with Crippen LogP contribution in [0.15, 0.2) is 11.1 Å². The maximum Gasteiger partial charge on any atom is 0.271 e. The molecule has 1 aromatic rings. The molecule has 0 bridgehead atoms. The fourth-order valence-corrected chi connectivity index (χ4v) is 2.62. The highest BCUT2D eigenvalue weighted by Gasteiger charge is 2.20. The van der Waals surface area contributed by atoms with Crippen LogP contribution in [-0.2, 0) is 0 Å². The molecule has 0 radical (unpaired) electrons. The number of alkyl halides is 1. The number of hydrogen-bond donors (Lipinski definition) is 1. The predicted molar refractivity (Wildman–Crippen MR) is 72.3 cm³/mol. The van der Waals surface area contributed by atoms with E-state index in [0.717, 1.165) is 38.1 Å². The number of nitrogens with one attached hydrogen (secondary N) is 1. The minimum absolute atomic E-state index is 0.182. The van der Waals surface area contributed by atoms with Crippen LogP contribution < -0.4 is 10.5 Å². The molecule has 1 aliphatic rings. The quantitative estimate of drug-likeness (QED) is 0.842. The summed E-state index contributed by atoms with van der Waals surface area (Å²) < 4.78 is 0. The van der Waals surface area contributed by atoms with Gasteiger partial charge in [-0.1, -0.05) is 27.5 Å². The van der Waals surface area contributed by atoms with Gasteiger partial charge >= 0.3 is 0 Å². The summed E-state index contributed by atoms with van der Waals surface area (Å²) in [6.45, 7) is 4.68. The molecule has 0 atom stereocenters. The summed E-state index contributed by atoms with van der Waals surface area (Å²) in [5, 5.41) is 1.17. The van der Waals surface area contributed by atoms with Crippen LogP contribution in [0.25, 0.3) is 0 Å². The molecule has 1 N–H and O–H groups in total. The number of anilines is 1. The van der Waals surface area contributed by atoms with Crippen LogP contribution in [-0.4, -0.2) is 52.9 Å². The molecule has 0 aliphatic carbocycles. The van der Waals surface area contributed by atoms with E-state index in [0.29, 0.717) is 5.82 Å². The molecule has 7 heteroatoms. The van der Waals surface area contributed by atoms with Gasteiger partial charge in [0.05, 0.1) is 6.33 Å². The van der Waals surface area contributed by atoms with Crippen molar-refractivity contribution in [1.29, 1.82) is 0 Å². The molecule has 1 saturated heterocycles. The molecule has 2 heterocycles. The van der Waals surface area contributed by atoms with Crippen LogP contribution in [0.3, 0.4) is 0 Å². The zero-order chi connectivity index (χ0) is 12.3. The number of hydrogen-bond acceptors (Lipinski definition) is 4. The first-order valence-corrected chi connectivity index (χ1v) is 6.99. The molecular formula is C10H14BrClN4O. The Balaban J connectivity index is 2.05. The Morgan fingerprint density at radius 3 is 2.76 bits per heavy atom. The van der Waals surface area contributed by atoms with Gasteiger partial charge < -0.3 is 9.88 Å². The van der Waals surface area contributed by atoms with Crippen molar-refractivity contribution in [1.82, 2.24) is 14.9 Å². The molecule has 0 amide bonds. The number of nitrogens with zero attached hydrogens (tertiary/aromatic N) is 3. The highest BCUT2D eigenvalue weighted by atomic mass is 79.9. The van der Waals surface area contributed by atoms with Crippen LogP contribution >= 0.6 is 27.5 Å². The molecule has 1 fully saturated rings. The smallest absolute Gasteiger partial charge is 0.271 e. The van der Waals surface area contributed by atoms with Gasteiger partial charge in [-0.2, -0.15) is 0 Å². The molecule has 94 valence electrons. The van der Waals surface area contributed by atoms with Gasteiger partial charge in [-0.05, 0) is 0 Å². The lowest BCUT2D eigenvalue weighted by Crippen LogP contribution is -2.47. The fraction of sp³-hybridized carbons (Fsp3) is 0.600. The third-order valence-electron chi connectivity index (χ3n) is 2.85. The van der Waals surface area contributed by atoms with E-state index in [1.54, 1.807) is 0 Å². The van der Waals surface area contributed by atoms with Crippen molar-refractivity contribution in [3.8, 4) is 0 Å². The molecule has 17 heavy (non-hydrogen) atoms. The molecule has 5 nitrogen and oxygen atoms in total. The lowest BCUT2D eigenvalue weighted by molar-refractivity contribution is 0.273. The first-order valence-electron chi connectivity index (χ1n) is 5.49. The molecule has 0 saturated carbocycles. The Hall–Kier alpha value is -0.590. The second kappa shape index (κ2) is 5.84. The van der Waals surface area contributed by atoms with Gasteiger partial charge in [0.2, 0.25) is 0 Å². The van der Waals surface area contributed by atoms with Crippen LogP contribution in [0.2, 0.25) is 5.02 Å². The predicted octanol–water partition coefficient (Wildman–Crippen LogP) is 0.940. The number of H-pyrrole nitrogens is 1. The maximum atomic E-state index is 11.4. The Labute approximate surface area is 113 Å². The monoisotopic (exact) mass is 320 g/mol. The Morgan fingerprint density at radius 1 is 1.41 bits per heavy atom. The number of piperazine rings is 1. The first kappa shape index (κ1) is 12.9. The number of aromatic nitrogens is 2. The van der Waals surface area contributed by atoms with Gasteiger partial charge in [0.15, 0.2) is 5.82 Å². The van der Waals surface area contributed by atoms with Crippen LogP contribution in [0.1, 0.15) is 0 Å². The molecule has 0 aromatic carbocycles. The van der Waals surface area contributed by atoms with Gasteiger partial charge in [-0.25, -0.2) is 4.98 Å². The van der Waals surface area contributed by atoms with E-state index in [-0.39, 0.29) is 10.6 Å². The van der Waals surface area contributed by atoms with E-state index in [9.17, 15) is 4.79 Å². The number of rotatable bonds is 3. The molecule has 2 rings (SSSR count). The fourth-order valence-electron chi connectivity index (χ4n) is 1.90. The Bertz CT molecular complexity index is 431. The van der Waals surface area contributed by atoms with Crippen molar-refractivity contribution in [3.05, 3.63) is 21.7 Å². The van der Waals surface area contributed by atoms with Crippen molar-refractivity contribution in [3.63, 3.8) is 0 Å². The zero-order valence-electron chi connectivity index (χ0n) is 9.33. The van der Waals surface area contributed by atoms with E-state index >= 15 is 0 Å². The molecule has 1 aliphatic heterocycles. The topological polar surface area (TPSA) is 52.2 Å². The van der Waals surface area contributed by atoms with Crippen LogP contribution in [0.4, 0.5) is 5.82 Å². The van der Waals surface area contributed by atoms with Crippen LogP contribution in [0, 0.1) is 0 Å². The second-order valence-electron chi connectivity index (χ2n) is 3.89. The van der Waals surface area contributed by atoms with Crippen LogP contribution in [0.5, 0.6) is 0 Å². The summed E-state index contributed by atoms with van der Waals surface area (Å²) in [4.78, 5) is 22.4. The van der Waals surface area contributed by atoms with Gasteiger partial charge in [0.1, 0.15) is 5.02 Å². The van der Waals surface area contributed by atoms with Crippen molar-refractivity contribution in [2.45, 2.75) is 0 Å². The van der Waals surface area contributed by atoms with Crippen molar-refractivity contribution in [2.75, 3.05) is 43.0 Å². The molecule has 1 aromatic heterocycles. The molecule has 0 unspecified atom stereocenters. The largest absolute Gasteiger partial charge is 0.353 e. The van der Waals surface area contributed by atoms with E-state index in [1.165, 1.54) is 6.33 Å². The molecule has 0 spiro atoms. The summed E-state index contributed by atoms with van der Waals surface area (Å²) in [6.07, 6.45) is 1.40. The van der Waals surface area contributed by atoms with Gasteiger partial charge in [-0.3, -0.25) is 9.69 Å². The lowest BCUT2D eigenvalue weighted by Gasteiger charge is -2.35. The number of halogens is 2. The zero-order valence-corrected chi connectivity index (χ0v) is 11.7. The summed E-state index contributed by atoms with van der Waals surface area (Å²) in [5.41, 5.74) is -0.278. The Kier molecular flexibility index (Phi) is 4.42. The molecular weight excluding hydrogens is 307 g/mol.